The van der Waals surface area contributed by atoms with Crippen LogP contribution in [-0.4, -0.2) is 17.4 Å². The van der Waals surface area contributed by atoms with E-state index in [0.717, 1.165) is 5.56 Å². The molecule has 2 amide bonds. The molecule has 1 heterocycles. The van der Waals surface area contributed by atoms with Gasteiger partial charge in [0.05, 0.1) is 17.5 Å². The summed E-state index contributed by atoms with van der Waals surface area (Å²) in [6, 6.07) is -0.706. The van der Waals surface area contributed by atoms with Gasteiger partial charge in [0.2, 0.25) is 0 Å². The first-order valence-electron chi connectivity index (χ1n) is 3.62. The van der Waals surface area contributed by atoms with Crippen LogP contribution in [0.3, 0.4) is 0 Å². The minimum Gasteiger partial charge on any atom is -0.361 e. The predicted octanol–water partition coefficient (Wildman–Crippen LogP) is 0.294. The summed E-state index contributed by atoms with van der Waals surface area (Å²) in [4.78, 5) is 10.3. The molecule has 13 heavy (non-hydrogen) atoms. The Kier molecular flexibility index (Phi) is 2.63. The van der Waals surface area contributed by atoms with Gasteiger partial charge >= 0.3 is 6.03 Å². The molecule has 0 bridgehead atoms. The van der Waals surface area contributed by atoms with Crippen molar-refractivity contribution in [2.45, 2.75) is 13.8 Å². The highest BCUT2D eigenvalue weighted by molar-refractivity contribution is 5.83. The Morgan fingerprint density at radius 1 is 1.69 bits per heavy atom. The Bertz CT molecular complexity index is 323. The number of nitrogens with two attached hydrogens (primary N) is 1. The first-order valence-corrected chi connectivity index (χ1v) is 3.62. The third-order valence-corrected chi connectivity index (χ3v) is 1.46. The maximum Gasteiger partial charge on any atom is 0.332 e. The molecule has 0 aromatic carbocycles. The van der Waals surface area contributed by atoms with Crippen LogP contribution in [0.15, 0.2) is 9.62 Å². The van der Waals surface area contributed by atoms with Crippen LogP contribution in [-0.2, 0) is 0 Å². The summed E-state index contributed by atoms with van der Waals surface area (Å²) >= 11 is 0. The van der Waals surface area contributed by atoms with E-state index in [4.69, 9.17) is 10.3 Å². The Hall–Kier alpha value is -1.85. The van der Waals surface area contributed by atoms with Crippen molar-refractivity contribution < 1.29 is 9.32 Å². The zero-order valence-corrected chi connectivity index (χ0v) is 7.37. The number of hydrazone groups is 1. The van der Waals surface area contributed by atoms with E-state index >= 15 is 0 Å². The van der Waals surface area contributed by atoms with Crippen molar-refractivity contribution in [1.29, 1.82) is 0 Å². The van der Waals surface area contributed by atoms with Crippen LogP contribution < -0.4 is 11.2 Å². The standard InChI is InChI=1S/C7H10N4O2/c1-4-6(5(2)13-11-4)3-9-10-7(8)12/h3H,1-2H3,(H3,8,10,12)/b9-3+. The summed E-state index contributed by atoms with van der Waals surface area (Å²) in [6.45, 7) is 3.54. The van der Waals surface area contributed by atoms with Crippen LogP contribution >= 0.6 is 0 Å². The molecule has 0 aliphatic rings. The van der Waals surface area contributed by atoms with Crippen LogP contribution in [0.25, 0.3) is 0 Å². The third-order valence-electron chi connectivity index (χ3n) is 1.46. The molecule has 6 heteroatoms. The Balaban J connectivity index is 2.73. The van der Waals surface area contributed by atoms with E-state index in [0.29, 0.717) is 11.5 Å². The second kappa shape index (κ2) is 3.70. The van der Waals surface area contributed by atoms with Crippen molar-refractivity contribution >= 4 is 12.2 Å². The van der Waals surface area contributed by atoms with Gasteiger partial charge in [0.25, 0.3) is 0 Å². The van der Waals surface area contributed by atoms with E-state index in [1.807, 2.05) is 0 Å². The molecule has 0 aliphatic carbocycles. The monoisotopic (exact) mass is 182 g/mol. The minimum absolute atomic E-state index is 0.646. The lowest BCUT2D eigenvalue weighted by Crippen LogP contribution is -2.24. The van der Waals surface area contributed by atoms with Gasteiger partial charge in [0.1, 0.15) is 5.76 Å². The maximum absolute atomic E-state index is 10.3. The molecule has 1 rings (SSSR count). The quantitative estimate of drug-likeness (QED) is 0.508. The van der Waals surface area contributed by atoms with E-state index in [1.54, 1.807) is 13.8 Å². The van der Waals surface area contributed by atoms with Crippen molar-refractivity contribution in [2.75, 3.05) is 0 Å². The Morgan fingerprint density at radius 3 is 2.85 bits per heavy atom. The number of carbonyl (C=O) groups is 1. The molecule has 0 atom stereocenters. The van der Waals surface area contributed by atoms with Crippen molar-refractivity contribution in [3.8, 4) is 0 Å². The lowest BCUT2D eigenvalue weighted by atomic mass is 10.2. The van der Waals surface area contributed by atoms with Crippen LogP contribution in [0.5, 0.6) is 0 Å². The fraction of sp³-hybridized carbons (Fsp3) is 0.286. The molecule has 6 nitrogen and oxygen atoms in total. The summed E-state index contributed by atoms with van der Waals surface area (Å²) in [5.41, 5.74) is 8.34. The van der Waals surface area contributed by atoms with Crippen LogP contribution in [0.1, 0.15) is 17.0 Å². The molecule has 0 unspecified atom stereocenters. The zero-order chi connectivity index (χ0) is 9.84. The van der Waals surface area contributed by atoms with E-state index in [1.165, 1.54) is 6.21 Å². The highest BCUT2D eigenvalue weighted by atomic mass is 16.5. The Morgan fingerprint density at radius 2 is 2.38 bits per heavy atom. The minimum atomic E-state index is -0.706. The smallest absolute Gasteiger partial charge is 0.332 e. The first-order chi connectivity index (χ1) is 6.11. The number of primary amides is 1. The topological polar surface area (TPSA) is 93.5 Å². The van der Waals surface area contributed by atoms with Crippen LogP contribution in [0.4, 0.5) is 4.79 Å². The number of carbonyl (C=O) groups excluding carboxylic acids is 1. The lowest BCUT2D eigenvalue weighted by Gasteiger charge is -1.90. The van der Waals surface area contributed by atoms with E-state index in [-0.39, 0.29) is 0 Å². The van der Waals surface area contributed by atoms with Gasteiger partial charge in [-0.05, 0) is 13.8 Å². The third kappa shape index (κ3) is 2.29. The van der Waals surface area contributed by atoms with Crippen LogP contribution in [0.2, 0.25) is 0 Å². The molecule has 0 saturated heterocycles. The van der Waals surface area contributed by atoms with E-state index < -0.39 is 6.03 Å². The molecule has 0 spiro atoms. The van der Waals surface area contributed by atoms with Crippen LogP contribution in [0, 0.1) is 13.8 Å². The zero-order valence-electron chi connectivity index (χ0n) is 7.37. The van der Waals surface area contributed by atoms with Gasteiger partial charge in [-0.2, -0.15) is 5.10 Å². The van der Waals surface area contributed by atoms with Crippen molar-refractivity contribution in [2.24, 2.45) is 10.8 Å². The highest BCUT2D eigenvalue weighted by Gasteiger charge is 2.05. The number of rotatable bonds is 2. The molecule has 0 radical (unpaired) electrons. The molecule has 1 aromatic rings. The number of aryl methyl sites for hydroxylation is 2. The van der Waals surface area contributed by atoms with Gasteiger partial charge in [-0.1, -0.05) is 5.16 Å². The first kappa shape index (κ1) is 9.24. The van der Waals surface area contributed by atoms with Gasteiger partial charge < -0.3 is 10.3 Å². The molecular formula is C7H10N4O2. The number of hydrogen-bond donors (Lipinski definition) is 2. The number of hydrogen-bond acceptors (Lipinski definition) is 4. The fourth-order valence-electron chi connectivity index (χ4n) is 0.835. The molecule has 1 aromatic heterocycles. The number of nitrogens with one attached hydrogen (secondary N) is 1. The van der Waals surface area contributed by atoms with Gasteiger partial charge in [0.15, 0.2) is 0 Å². The van der Waals surface area contributed by atoms with Gasteiger partial charge in [-0.15, -0.1) is 0 Å². The molecule has 70 valence electrons. The summed E-state index contributed by atoms with van der Waals surface area (Å²) in [7, 11) is 0. The van der Waals surface area contributed by atoms with E-state index in [9.17, 15) is 4.79 Å². The number of nitrogens with zero attached hydrogens (tertiary/aromatic N) is 2. The van der Waals surface area contributed by atoms with Gasteiger partial charge in [0, 0.05) is 0 Å². The summed E-state index contributed by atoms with van der Waals surface area (Å²) in [6.07, 6.45) is 1.44. The van der Waals surface area contributed by atoms with Gasteiger partial charge in [-0.3, -0.25) is 0 Å². The second-order valence-electron chi connectivity index (χ2n) is 2.47. The number of amides is 2. The molecule has 0 aliphatic heterocycles. The normalized spacial score (nSPS) is 10.6. The number of urea groups is 1. The lowest BCUT2D eigenvalue weighted by molar-refractivity contribution is 0.249. The van der Waals surface area contributed by atoms with Crippen molar-refractivity contribution in [3.05, 3.63) is 17.0 Å². The second-order valence-corrected chi connectivity index (χ2v) is 2.47. The largest absolute Gasteiger partial charge is 0.361 e. The van der Waals surface area contributed by atoms with E-state index in [2.05, 4.69) is 15.7 Å². The fourth-order valence-corrected chi connectivity index (χ4v) is 0.835. The predicted molar refractivity (Wildman–Crippen MR) is 46.3 cm³/mol. The average Bonchev–Trinajstić information content (AvgIpc) is 2.34. The van der Waals surface area contributed by atoms with Crippen molar-refractivity contribution in [3.63, 3.8) is 0 Å². The summed E-state index contributed by atoms with van der Waals surface area (Å²) < 4.78 is 4.87. The SMILES string of the molecule is Cc1noc(C)c1/C=N/NC(N)=O. The molecule has 0 saturated carbocycles. The maximum atomic E-state index is 10.3. The summed E-state index contributed by atoms with van der Waals surface area (Å²) in [5, 5.41) is 7.29. The molecular weight excluding hydrogens is 172 g/mol. The average molecular weight is 182 g/mol. The highest BCUT2D eigenvalue weighted by Crippen LogP contribution is 2.08. The summed E-state index contributed by atoms with van der Waals surface area (Å²) in [5.74, 6) is 0.646. The van der Waals surface area contributed by atoms with Gasteiger partial charge in [-0.25, -0.2) is 10.2 Å². The Labute approximate surface area is 74.8 Å². The molecule has 0 fully saturated rings. The molecule has 3 N–H and O–H groups in total. The number of aromatic nitrogens is 1. The van der Waals surface area contributed by atoms with Crippen molar-refractivity contribution in [1.82, 2.24) is 10.6 Å².